The van der Waals surface area contributed by atoms with Gasteiger partial charge in [0, 0.05) is 6.42 Å². The van der Waals surface area contributed by atoms with Crippen LogP contribution in [0.5, 0.6) is 5.75 Å². The fourth-order valence-corrected chi connectivity index (χ4v) is 2.38. The summed E-state index contributed by atoms with van der Waals surface area (Å²) >= 11 is 0. The number of carbonyl (C=O) groups is 1. The maximum absolute atomic E-state index is 11.3. The van der Waals surface area contributed by atoms with Crippen molar-refractivity contribution < 1.29 is 23.1 Å². The minimum atomic E-state index is -3.73. The Bertz CT molecular complexity index is 557. The molecule has 1 aromatic carbocycles. The first-order valence-electron chi connectivity index (χ1n) is 5.70. The van der Waals surface area contributed by atoms with Crippen molar-refractivity contribution in [2.24, 2.45) is 5.14 Å². The van der Waals surface area contributed by atoms with Gasteiger partial charge in [0.25, 0.3) is 0 Å². The number of hydrogen-bond donors (Lipinski definition) is 2. The molecule has 3 N–H and O–H groups in total. The molecule has 1 aromatic rings. The van der Waals surface area contributed by atoms with Crippen LogP contribution in [0.2, 0.25) is 0 Å². The van der Waals surface area contributed by atoms with Crippen LogP contribution in [0, 0.1) is 13.8 Å². The van der Waals surface area contributed by atoms with Crippen LogP contribution in [0.1, 0.15) is 24.0 Å². The first-order valence-corrected chi connectivity index (χ1v) is 7.25. The molecular formula is C12H17NO5S. The van der Waals surface area contributed by atoms with Gasteiger partial charge in [-0.25, -0.2) is 13.6 Å². The predicted octanol–water partition coefficient (Wildman–Crippen LogP) is 1.19. The van der Waals surface area contributed by atoms with Gasteiger partial charge in [0.1, 0.15) is 5.75 Å². The van der Waals surface area contributed by atoms with Crippen molar-refractivity contribution in [1.29, 1.82) is 0 Å². The largest absolute Gasteiger partial charge is 0.493 e. The molecule has 0 saturated heterocycles. The van der Waals surface area contributed by atoms with E-state index in [2.05, 4.69) is 0 Å². The summed E-state index contributed by atoms with van der Waals surface area (Å²) in [4.78, 5) is 10.4. The fraction of sp³-hybridized carbons (Fsp3) is 0.417. The lowest BCUT2D eigenvalue weighted by Gasteiger charge is -2.13. The summed E-state index contributed by atoms with van der Waals surface area (Å²) in [5.41, 5.74) is 1.30. The summed E-state index contributed by atoms with van der Waals surface area (Å²) in [5.74, 6) is -0.306. The summed E-state index contributed by atoms with van der Waals surface area (Å²) < 4.78 is 28.0. The van der Waals surface area contributed by atoms with Gasteiger partial charge in [-0.2, -0.15) is 0 Å². The third-order valence-electron chi connectivity index (χ3n) is 2.54. The molecule has 0 bridgehead atoms. The number of aliphatic carboxylic acids is 1. The third-order valence-corrected chi connectivity index (χ3v) is 3.44. The number of primary sulfonamides is 1. The van der Waals surface area contributed by atoms with E-state index in [-0.39, 0.29) is 17.9 Å². The molecule has 6 nitrogen and oxygen atoms in total. The second kappa shape index (κ2) is 6.03. The minimum absolute atomic E-state index is 0.0351. The summed E-state index contributed by atoms with van der Waals surface area (Å²) in [6, 6.07) is 2.88. The maximum atomic E-state index is 11.3. The van der Waals surface area contributed by atoms with E-state index in [1.165, 1.54) is 12.1 Å². The first kappa shape index (κ1) is 15.5. The highest BCUT2D eigenvalue weighted by Gasteiger charge is 2.13. The van der Waals surface area contributed by atoms with Crippen LogP contribution in [0.3, 0.4) is 0 Å². The van der Waals surface area contributed by atoms with Crippen LogP contribution >= 0.6 is 0 Å². The Morgan fingerprint density at radius 2 is 1.84 bits per heavy atom. The van der Waals surface area contributed by atoms with Crippen molar-refractivity contribution in [2.75, 3.05) is 6.61 Å². The molecule has 19 heavy (non-hydrogen) atoms. The molecule has 0 aromatic heterocycles. The molecule has 0 saturated carbocycles. The van der Waals surface area contributed by atoms with Crippen molar-refractivity contribution in [3.63, 3.8) is 0 Å². The lowest BCUT2D eigenvalue weighted by Crippen LogP contribution is -2.13. The van der Waals surface area contributed by atoms with E-state index in [0.717, 1.165) is 0 Å². The van der Waals surface area contributed by atoms with E-state index < -0.39 is 16.0 Å². The monoisotopic (exact) mass is 287 g/mol. The number of carboxylic acid groups (broad SMARTS) is 1. The van der Waals surface area contributed by atoms with Gasteiger partial charge in [-0.3, -0.25) is 4.79 Å². The summed E-state index contributed by atoms with van der Waals surface area (Å²) in [6.07, 6.45) is 0.429. The van der Waals surface area contributed by atoms with E-state index in [4.69, 9.17) is 15.0 Å². The second-order valence-corrected chi connectivity index (χ2v) is 5.84. The topological polar surface area (TPSA) is 107 Å². The van der Waals surface area contributed by atoms with Gasteiger partial charge < -0.3 is 9.84 Å². The van der Waals surface area contributed by atoms with Crippen LogP contribution in [0.15, 0.2) is 17.0 Å². The summed E-state index contributed by atoms with van der Waals surface area (Å²) in [6.45, 7) is 3.70. The molecule has 0 aliphatic heterocycles. The van der Waals surface area contributed by atoms with E-state index in [0.29, 0.717) is 23.3 Å². The molecule has 1 rings (SSSR count). The quantitative estimate of drug-likeness (QED) is 0.764. The van der Waals surface area contributed by atoms with Gasteiger partial charge in [-0.15, -0.1) is 0 Å². The molecule has 0 unspecified atom stereocenters. The Labute approximate surface area is 112 Å². The molecule has 7 heteroatoms. The minimum Gasteiger partial charge on any atom is -0.493 e. The molecule has 0 aliphatic rings. The Hall–Kier alpha value is -1.60. The molecule has 0 heterocycles. The van der Waals surface area contributed by atoms with Crippen molar-refractivity contribution in [1.82, 2.24) is 0 Å². The Kier molecular flexibility index (Phi) is 4.90. The first-order chi connectivity index (χ1) is 8.71. The van der Waals surface area contributed by atoms with Crippen molar-refractivity contribution >= 4 is 16.0 Å². The standard InChI is InChI=1S/C12H17NO5S/c1-8-6-10(19(13,16)17)7-9(2)12(8)18-5-3-4-11(14)15/h6-7H,3-5H2,1-2H3,(H,14,15)(H2,13,16,17). The number of rotatable bonds is 6. The predicted molar refractivity (Wildman–Crippen MR) is 69.7 cm³/mol. The maximum Gasteiger partial charge on any atom is 0.303 e. The van der Waals surface area contributed by atoms with Crippen molar-refractivity contribution in [3.05, 3.63) is 23.3 Å². The molecular weight excluding hydrogens is 270 g/mol. The van der Waals surface area contributed by atoms with E-state index in [1.54, 1.807) is 13.8 Å². The molecule has 0 spiro atoms. The van der Waals surface area contributed by atoms with Gasteiger partial charge in [0.2, 0.25) is 10.0 Å². The number of hydrogen-bond acceptors (Lipinski definition) is 4. The van der Waals surface area contributed by atoms with Crippen LogP contribution in [0.25, 0.3) is 0 Å². The molecule has 0 atom stereocenters. The van der Waals surface area contributed by atoms with Gasteiger partial charge >= 0.3 is 5.97 Å². The number of benzene rings is 1. The highest BCUT2D eigenvalue weighted by atomic mass is 32.2. The Morgan fingerprint density at radius 1 is 1.32 bits per heavy atom. The molecule has 0 fully saturated rings. The Morgan fingerprint density at radius 3 is 2.26 bits per heavy atom. The zero-order chi connectivity index (χ0) is 14.6. The lowest BCUT2D eigenvalue weighted by atomic mass is 10.1. The van der Waals surface area contributed by atoms with Crippen LogP contribution in [-0.2, 0) is 14.8 Å². The summed E-state index contributed by atoms with van der Waals surface area (Å²) in [5, 5.41) is 13.6. The number of nitrogens with two attached hydrogens (primary N) is 1. The van der Waals surface area contributed by atoms with Crippen LogP contribution in [0.4, 0.5) is 0 Å². The number of carboxylic acids is 1. The SMILES string of the molecule is Cc1cc(S(N)(=O)=O)cc(C)c1OCCCC(=O)O. The smallest absolute Gasteiger partial charge is 0.303 e. The number of ether oxygens (including phenoxy) is 1. The van der Waals surface area contributed by atoms with Crippen LogP contribution in [-0.4, -0.2) is 26.1 Å². The zero-order valence-corrected chi connectivity index (χ0v) is 11.7. The highest BCUT2D eigenvalue weighted by Crippen LogP contribution is 2.26. The normalized spacial score (nSPS) is 11.3. The third kappa shape index (κ3) is 4.53. The molecule has 0 aliphatic carbocycles. The van der Waals surface area contributed by atoms with Gasteiger partial charge in [0.05, 0.1) is 11.5 Å². The molecule has 106 valence electrons. The van der Waals surface area contributed by atoms with Crippen molar-refractivity contribution in [3.8, 4) is 5.75 Å². The highest BCUT2D eigenvalue weighted by molar-refractivity contribution is 7.89. The van der Waals surface area contributed by atoms with Gasteiger partial charge in [-0.1, -0.05) is 0 Å². The fourth-order valence-electron chi connectivity index (χ4n) is 1.70. The van der Waals surface area contributed by atoms with E-state index >= 15 is 0 Å². The lowest BCUT2D eigenvalue weighted by molar-refractivity contribution is -0.137. The van der Waals surface area contributed by atoms with Gasteiger partial charge in [-0.05, 0) is 43.5 Å². The van der Waals surface area contributed by atoms with E-state index in [9.17, 15) is 13.2 Å². The van der Waals surface area contributed by atoms with E-state index in [1.807, 2.05) is 0 Å². The summed E-state index contributed by atoms with van der Waals surface area (Å²) in [7, 11) is -3.73. The Balaban J connectivity index is 2.83. The van der Waals surface area contributed by atoms with Crippen molar-refractivity contribution in [2.45, 2.75) is 31.6 Å². The molecule has 0 radical (unpaired) electrons. The number of sulfonamides is 1. The zero-order valence-electron chi connectivity index (χ0n) is 10.8. The van der Waals surface area contributed by atoms with Gasteiger partial charge in [0.15, 0.2) is 0 Å². The number of aryl methyl sites for hydroxylation is 2. The average Bonchev–Trinajstić information content (AvgIpc) is 2.25. The molecule has 0 amide bonds. The second-order valence-electron chi connectivity index (χ2n) is 4.28. The average molecular weight is 287 g/mol. The van der Waals surface area contributed by atoms with Crippen LogP contribution < -0.4 is 9.88 Å².